The van der Waals surface area contributed by atoms with Crippen molar-refractivity contribution in [1.29, 1.82) is 0 Å². The summed E-state index contributed by atoms with van der Waals surface area (Å²) in [4.78, 5) is 68.2. The number of aromatic hydroxyl groups is 1. The van der Waals surface area contributed by atoms with E-state index in [1.54, 1.807) is 33.8 Å². The third-order valence-corrected chi connectivity index (χ3v) is 10.3. The molecule has 3 saturated carbocycles. The van der Waals surface area contributed by atoms with E-state index in [1.165, 1.54) is 12.5 Å². The predicted molar refractivity (Wildman–Crippen MR) is 146 cm³/mol. The molecule has 0 heterocycles. The number of benzene rings is 1. The number of hydrogen-bond acceptors (Lipinski definition) is 7. The summed E-state index contributed by atoms with van der Waals surface area (Å²) in [5.74, 6) is -1.96. The molecule has 0 amide bonds. The highest BCUT2D eigenvalue weighted by Crippen LogP contribution is 2.63. The number of phenols is 1. The Bertz CT molecular complexity index is 1400. The number of carbonyl (C=O) groups excluding carboxylic acids is 5. The molecule has 5 rings (SSSR count). The Balaban J connectivity index is 1.67. The zero-order valence-electron chi connectivity index (χ0n) is 23.9. The van der Waals surface area contributed by atoms with Crippen LogP contribution in [0.25, 0.3) is 0 Å². The largest absolute Gasteiger partial charge is 0.507 e. The van der Waals surface area contributed by atoms with Crippen molar-refractivity contribution in [3.05, 3.63) is 28.8 Å². The Hall–Kier alpha value is -3.11. The molecule has 1 aromatic rings. The monoisotopic (exact) mass is 546 g/mol. The Kier molecular flexibility index (Phi) is 6.73. The van der Waals surface area contributed by atoms with Gasteiger partial charge in [0.25, 0.3) is 0 Å². The van der Waals surface area contributed by atoms with E-state index in [0.29, 0.717) is 11.1 Å². The number of aliphatic hydroxyl groups is 1. The molecule has 3 fully saturated rings. The number of fused-ring (bicyclic) bond motifs is 3. The molecule has 4 aliphatic carbocycles. The standard InChI is InChI=1S/C33H38O7/c1-17(2)25-27(36)23(18(3)34)29(38)33(40)30(39)26-28(37)24-21(15-31(26,4)16-32(25,33)5)20(13-14-22(24)35)12-11-19-9-7-6-8-10-19/h13-14,17,19,23,25-26,35,40H,6-10,15-16H2,1-5H3/t23?,25?,26?,31-,32-,33+/m1/s1. The number of hydrogen-bond donors (Lipinski definition) is 2. The van der Waals surface area contributed by atoms with Gasteiger partial charge in [-0.3, -0.25) is 24.0 Å². The van der Waals surface area contributed by atoms with Gasteiger partial charge in [0.2, 0.25) is 0 Å². The van der Waals surface area contributed by atoms with Crippen LogP contribution in [-0.4, -0.2) is 44.7 Å². The third-order valence-electron chi connectivity index (χ3n) is 10.3. The first-order chi connectivity index (χ1) is 18.7. The van der Waals surface area contributed by atoms with Crippen LogP contribution in [0.5, 0.6) is 5.75 Å². The van der Waals surface area contributed by atoms with Gasteiger partial charge in [-0.1, -0.05) is 58.8 Å². The van der Waals surface area contributed by atoms with Gasteiger partial charge < -0.3 is 10.2 Å². The average molecular weight is 547 g/mol. The Morgan fingerprint density at radius 3 is 2.27 bits per heavy atom. The fraction of sp³-hybridized carbons (Fsp3) is 0.606. The molecule has 40 heavy (non-hydrogen) atoms. The van der Waals surface area contributed by atoms with Gasteiger partial charge in [-0.25, -0.2) is 0 Å². The summed E-state index contributed by atoms with van der Waals surface area (Å²) >= 11 is 0. The van der Waals surface area contributed by atoms with Gasteiger partial charge in [0.1, 0.15) is 17.5 Å². The highest BCUT2D eigenvalue weighted by atomic mass is 16.3. The molecule has 0 spiro atoms. The van der Waals surface area contributed by atoms with Gasteiger partial charge in [-0.2, -0.15) is 0 Å². The van der Waals surface area contributed by atoms with E-state index in [1.807, 2.05) is 0 Å². The first-order valence-electron chi connectivity index (χ1n) is 14.4. The molecule has 0 aliphatic heterocycles. The molecule has 7 nitrogen and oxygen atoms in total. The highest BCUT2D eigenvalue weighted by Gasteiger charge is 2.76. The molecule has 3 unspecified atom stereocenters. The highest BCUT2D eigenvalue weighted by molar-refractivity contribution is 6.32. The lowest BCUT2D eigenvalue weighted by Gasteiger charge is -2.61. The van der Waals surface area contributed by atoms with Crippen molar-refractivity contribution in [3.8, 4) is 17.6 Å². The summed E-state index contributed by atoms with van der Waals surface area (Å²) in [7, 11) is 0. The Morgan fingerprint density at radius 1 is 1.02 bits per heavy atom. The Labute approximate surface area is 235 Å². The minimum Gasteiger partial charge on any atom is -0.507 e. The third kappa shape index (κ3) is 3.79. The second-order valence-electron chi connectivity index (χ2n) is 13.4. The van der Waals surface area contributed by atoms with Crippen molar-refractivity contribution in [3.63, 3.8) is 0 Å². The summed E-state index contributed by atoms with van der Waals surface area (Å²) in [6.45, 7) is 8.02. The smallest absolute Gasteiger partial charge is 0.190 e. The second kappa shape index (κ2) is 9.48. The fourth-order valence-corrected chi connectivity index (χ4v) is 8.68. The molecule has 212 valence electrons. The molecule has 2 N–H and O–H groups in total. The quantitative estimate of drug-likeness (QED) is 0.424. The molecule has 0 radical (unpaired) electrons. The van der Waals surface area contributed by atoms with Crippen LogP contribution >= 0.6 is 0 Å². The fourth-order valence-electron chi connectivity index (χ4n) is 8.68. The van der Waals surface area contributed by atoms with Crippen LogP contribution < -0.4 is 0 Å². The Morgan fingerprint density at radius 2 is 1.68 bits per heavy atom. The van der Waals surface area contributed by atoms with Crippen LogP contribution in [0, 0.1) is 52.3 Å². The van der Waals surface area contributed by atoms with E-state index in [0.717, 1.165) is 32.6 Å². The normalized spacial score (nSPS) is 35.9. The lowest BCUT2D eigenvalue weighted by atomic mass is 9.40. The van der Waals surface area contributed by atoms with E-state index < -0.39 is 63.1 Å². The topological polar surface area (TPSA) is 126 Å². The molecule has 6 atom stereocenters. The van der Waals surface area contributed by atoms with E-state index in [4.69, 9.17) is 0 Å². The molecule has 0 aromatic heterocycles. The first kappa shape index (κ1) is 28.4. The molecule has 7 heteroatoms. The number of Topliss-reactive ketones (excluding diaryl/α,β-unsaturated/α-hetero) is 5. The van der Waals surface area contributed by atoms with Crippen LogP contribution in [0.15, 0.2) is 12.1 Å². The van der Waals surface area contributed by atoms with Crippen LogP contribution in [-0.2, 0) is 25.6 Å². The van der Waals surface area contributed by atoms with Crippen LogP contribution in [0.1, 0.15) is 94.6 Å². The maximum atomic E-state index is 14.3. The van der Waals surface area contributed by atoms with Crippen molar-refractivity contribution in [1.82, 2.24) is 0 Å². The van der Waals surface area contributed by atoms with Crippen molar-refractivity contribution >= 4 is 28.9 Å². The molecular weight excluding hydrogens is 508 g/mol. The van der Waals surface area contributed by atoms with Gasteiger partial charge in [0, 0.05) is 22.8 Å². The summed E-state index contributed by atoms with van der Waals surface area (Å²) in [5, 5.41) is 22.9. The van der Waals surface area contributed by atoms with Gasteiger partial charge in [-0.05, 0) is 61.6 Å². The average Bonchev–Trinajstić information content (AvgIpc) is 2.86. The summed E-state index contributed by atoms with van der Waals surface area (Å²) in [6.07, 6.45) is 5.77. The van der Waals surface area contributed by atoms with Crippen LogP contribution in [0.4, 0.5) is 0 Å². The zero-order valence-corrected chi connectivity index (χ0v) is 23.9. The van der Waals surface area contributed by atoms with Crippen molar-refractivity contribution in [2.75, 3.05) is 0 Å². The summed E-state index contributed by atoms with van der Waals surface area (Å²) < 4.78 is 0. The summed E-state index contributed by atoms with van der Waals surface area (Å²) in [5.41, 5.74) is -4.07. The van der Waals surface area contributed by atoms with E-state index >= 15 is 0 Å². The van der Waals surface area contributed by atoms with E-state index in [9.17, 15) is 34.2 Å². The summed E-state index contributed by atoms with van der Waals surface area (Å²) in [6, 6.07) is 3.10. The van der Waals surface area contributed by atoms with Crippen LogP contribution in [0.2, 0.25) is 0 Å². The molecule has 0 saturated heterocycles. The molecule has 1 aromatic carbocycles. The van der Waals surface area contributed by atoms with Gasteiger partial charge in [-0.15, -0.1) is 0 Å². The first-order valence-corrected chi connectivity index (χ1v) is 14.4. The van der Waals surface area contributed by atoms with E-state index in [2.05, 4.69) is 11.8 Å². The molecule has 0 bridgehead atoms. The zero-order chi connectivity index (χ0) is 29.4. The van der Waals surface area contributed by atoms with Gasteiger partial charge >= 0.3 is 0 Å². The molecular formula is C33H38O7. The van der Waals surface area contributed by atoms with Crippen molar-refractivity contribution in [2.45, 2.75) is 85.2 Å². The second-order valence-corrected chi connectivity index (χ2v) is 13.4. The van der Waals surface area contributed by atoms with Crippen LogP contribution in [0.3, 0.4) is 0 Å². The maximum absolute atomic E-state index is 14.3. The maximum Gasteiger partial charge on any atom is 0.190 e. The molecule has 4 aliphatic rings. The number of carbonyl (C=O) groups is 5. The number of ketones is 5. The minimum absolute atomic E-state index is 0.00124. The minimum atomic E-state index is -2.68. The van der Waals surface area contributed by atoms with E-state index in [-0.39, 0.29) is 36.0 Å². The van der Waals surface area contributed by atoms with Gasteiger partial charge in [0.15, 0.2) is 28.7 Å². The predicted octanol–water partition coefficient (Wildman–Crippen LogP) is 4.02. The SMILES string of the molecule is CC(=O)C1C(=O)C(C(C)C)[C@@]2(C)C[C@@]3(C)Cc4c(C#CC5CCCCC5)ccc(O)c4C(=O)C3C(=O)[C@@]2(O)C1=O. The lowest BCUT2D eigenvalue weighted by Crippen LogP contribution is -2.76. The lowest BCUT2D eigenvalue weighted by molar-refractivity contribution is -0.205. The van der Waals surface area contributed by atoms with Crippen molar-refractivity contribution in [2.24, 2.45) is 40.4 Å². The number of phenolic OH excluding ortho intramolecular Hbond substituents is 1. The number of rotatable bonds is 2. The van der Waals surface area contributed by atoms with Crippen molar-refractivity contribution < 1.29 is 34.2 Å². The van der Waals surface area contributed by atoms with Gasteiger partial charge in [0.05, 0.1) is 11.5 Å².